The first-order chi connectivity index (χ1) is 13.1. The highest BCUT2D eigenvalue weighted by atomic mass is 79.9. The lowest BCUT2D eigenvalue weighted by Crippen LogP contribution is -2.48. The molecule has 7 heteroatoms. The lowest BCUT2D eigenvalue weighted by Gasteiger charge is -2.33. The number of likely N-dealkylation sites (tertiary alicyclic amines) is 1. The lowest BCUT2D eigenvalue weighted by molar-refractivity contribution is -0.124. The van der Waals surface area contributed by atoms with Crippen molar-refractivity contribution in [1.82, 2.24) is 15.1 Å². The van der Waals surface area contributed by atoms with Gasteiger partial charge in [0.15, 0.2) is 0 Å². The largest absolute Gasteiger partial charge is 0.354 e. The maximum absolute atomic E-state index is 12.8. The van der Waals surface area contributed by atoms with Gasteiger partial charge in [-0.15, -0.1) is 11.8 Å². The molecule has 2 saturated heterocycles. The van der Waals surface area contributed by atoms with Crippen molar-refractivity contribution in [3.05, 3.63) is 34.3 Å². The molecule has 27 heavy (non-hydrogen) atoms. The minimum Gasteiger partial charge on any atom is -0.354 e. The fraction of sp³-hybridized carbons (Fsp3) is 0.600. The van der Waals surface area contributed by atoms with Gasteiger partial charge in [-0.3, -0.25) is 9.59 Å². The standard InChI is InChI=1S/C20H28BrN3O2S/c1-15-6-2-3-10-23(15)11-5-9-22-19(25)18-13-27-14-24(18)20(26)16-7-4-8-17(21)12-16/h4,7-8,12,15,18H,2-3,5-6,9-11,13-14H2,1H3,(H,22,25). The number of piperidine rings is 1. The van der Waals surface area contributed by atoms with Gasteiger partial charge in [-0.2, -0.15) is 0 Å². The maximum Gasteiger partial charge on any atom is 0.255 e. The minimum absolute atomic E-state index is 0.0324. The third-order valence-electron chi connectivity index (χ3n) is 5.38. The number of carbonyl (C=O) groups excluding carboxylic acids is 2. The highest BCUT2D eigenvalue weighted by Gasteiger charge is 2.35. The molecule has 2 aliphatic heterocycles. The van der Waals surface area contributed by atoms with Crippen LogP contribution in [0.1, 0.15) is 43.0 Å². The molecular weight excluding hydrogens is 426 g/mol. The molecule has 2 fully saturated rings. The first-order valence-corrected chi connectivity index (χ1v) is 11.7. The van der Waals surface area contributed by atoms with Gasteiger partial charge < -0.3 is 15.1 Å². The van der Waals surface area contributed by atoms with Crippen molar-refractivity contribution in [2.24, 2.45) is 0 Å². The van der Waals surface area contributed by atoms with Crippen molar-refractivity contribution >= 4 is 39.5 Å². The van der Waals surface area contributed by atoms with Crippen LogP contribution in [0.4, 0.5) is 0 Å². The highest BCUT2D eigenvalue weighted by Crippen LogP contribution is 2.24. The molecule has 5 nitrogen and oxygen atoms in total. The summed E-state index contributed by atoms with van der Waals surface area (Å²) in [5.41, 5.74) is 0.615. The number of thioether (sulfide) groups is 1. The Morgan fingerprint density at radius 2 is 2.19 bits per heavy atom. The van der Waals surface area contributed by atoms with Gasteiger partial charge >= 0.3 is 0 Å². The molecule has 0 saturated carbocycles. The number of hydrogen-bond acceptors (Lipinski definition) is 4. The Bertz CT molecular complexity index is 672. The summed E-state index contributed by atoms with van der Waals surface area (Å²) < 4.78 is 0.869. The predicted octanol–water partition coefficient (Wildman–Crippen LogP) is 3.34. The minimum atomic E-state index is -0.379. The van der Waals surface area contributed by atoms with E-state index in [-0.39, 0.29) is 17.9 Å². The summed E-state index contributed by atoms with van der Waals surface area (Å²) >= 11 is 5.04. The fourth-order valence-corrected chi connectivity index (χ4v) is 5.30. The normalized spacial score (nSPS) is 23.4. The quantitative estimate of drug-likeness (QED) is 0.670. The summed E-state index contributed by atoms with van der Waals surface area (Å²) in [6.07, 6.45) is 4.84. The van der Waals surface area contributed by atoms with Crippen LogP contribution in [-0.2, 0) is 4.79 Å². The molecule has 3 rings (SSSR count). The Hall–Kier alpha value is -1.05. The number of nitrogens with one attached hydrogen (secondary N) is 1. The van der Waals surface area contributed by atoms with E-state index in [0.29, 0.717) is 29.8 Å². The summed E-state index contributed by atoms with van der Waals surface area (Å²) in [4.78, 5) is 29.6. The molecule has 0 radical (unpaired) electrons. The van der Waals surface area contributed by atoms with Crippen molar-refractivity contribution in [1.29, 1.82) is 0 Å². The molecule has 0 spiro atoms. The second kappa shape index (κ2) is 9.94. The number of halogens is 1. The topological polar surface area (TPSA) is 52.7 Å². The zero-order valence-corrected chi connectivity index (χ0v) is 18.2. The first kappa shape index (κ1) is 20.7. The zero-order valence-electron chi connectivity index (χ0n) is 15.8. The van der Waals surface area contributed by atoms with E-state index in [0.717, 1.165) is 17.4 Å². The van der Waals surface area contributed by atoms with Crippen LogP contribution in [0.2, 0.25) is 0 Å². The van der Waals surface area contributed by atoms with Crippen LogP contribution in [0.25, 0.3) is 0 Å². The van der Waals surface area contributed by atoms with E-state index in [9.17, 15) is 9.59 Å². The van der Waals surface area contributed by atoms with Crippen LogP contribution in [0.5, 0.6) is 0 Å². The van der Waals surface area contributed by atoms with Crippen LogP contribution in [0.3, 0.4) is 0 Å². The molecule has 2 heterocycles. The number of hydrogen-bond donors (Lipinski definition) is 1. The van der Waals surface area contributed by atoms with Gasteiger partial charge in [0.05, 0.1) is 5.88 Å². The van der Waals surface area contributed by atoms with E-state index < -0.39 is 0 Å². The van der Waals surface area contributed by atoms with Gasteiger partial charge in [0.25, 0.3) is 5.91 Å². The van der Waals surface area contributed by atoms with E-state index in [4.69, 9.17) is 0 Å². The number of nitrogens with zero attached hydrogens (tertiary/aromatic N) is 2. The van der Waals surface area contributed by atoms with E-state index in [2.05, 4.69) is 33.1 Å². The molecule has 1 aromatic carbocycles. The number of carbonyl (C=O) groups is 2. The predicted molar refractivity (Wildman–Crippen MR) is 114 cm³/mol. The Labute approximate surface area is 174 Å². The summed E-state index contributed by atoms with van der Waals surface area (Å²) in [5.74, 6) is 1.11. The van der Waals surface area contributed by atoms with E-state index in [1.807, 2.05) is 12.1 Å². The fourth-order valence-electron chi connectivity index (χ4n) is 3.75. The van der Waals surface area contributed by atoms with Crippen molar-refractivity contribution in [3.8, 4) is 0 Å². The molecule has 0 aromatic heterocycles. The van der Waals surface area contributed by atoms with E-state index >= 15 is 0 Å². The van der Waals surface area contributed by atoms with Crippen LogP contribution in [0, 0.1) is 0 Å². The van der Waals surface area contributed by atoms with Gasteiger partial charge in [0.2, 0.25) is 5.91 Å². The van der Waals surface area contributed by atoms with Crippen LogP contribution >= 0.6 is 27.7 Å². The average molecular weight is 454 g/mol. The van der Waals surface area contributed by atoms with Gasteiger partial charge in [-0.1, -0.05) is 28.4 Å². The van der Waals surface area contributed by atoms with Crippen LogP contribution in [-0.4, -0.2) is 65.0 Å². The van der Waals surface area contributed by atoms with Crippen molar-refractivity contribution in [2.45, 2.75) is 44.7 Å². The third-order valence-corrected chi connectivity index (χ3v) is 6.88. The molecular formula is C20H28BrN3O2S. The Balaban J connectivity index is 1.48. The molecule has 0 bridgehead atoms. The average Bonchev–Trinajstić information content (AvgIpc) is 3.15. The monoisotopic (exact) mass is 453 g/mol. The lowest BCUT2D eigenvalue weighted by atomic mass is 10.0. The van der Waals surface area contributed by atoms with Crippen molar-refractivity contribution in [2.75, 3.05) is 31.3 Å². The Morgan fingerprint density at radius 1 is 1.33 bits per heavy atom. The highest BCUT2D eigenvalue weighted by molar-refractivity contribution is 9.10. The molecule has 0 aliphatic carbocycles. The number of rotatable bonds is 6. The van der Waals surface area contributed by atoms with Crippen molar-refractivity contribution < 1.29 is 9.59 Å². The molecule has 2 aliphatic rings. The summed E-state index contributed by atoms with van der Waals surface area (Å²) in [6.45, 7) is 5.16. The molecule has 2 unspecified atom stereocenters. The first-order valence-electron chi connectivity index (χ1n) is 9.72. The summed E-state index contributed by atoms with van der Waals surface area (Å²) in [5, 5.41) is 3.04. The second-order valence-electron chi connectivity index (χ2n) is 7.33. The third kappa shape index (κ3) is 5.48. The van der Waals surface area contributed by atoms with E-state index in [1.54, 1.807) is 28.8 Å². The van der Waals surface area contributed by atoms with Gasteiger partial charge in [-0.25, -0.2) is 0 Å². The van der Waals surface area contributed by atoms with Gasteiger partial charge in [0, 0.05) is 34.9 Å². The van der Waals surface area contributed by atoms with E-state index in [1.165, 1.54) is 25.8 Å². The molecule has 2 amide bonds. The zero-order chi connectivity index (χ0) is 19.2. The Morgan fingerprint density at radius 3 is 2.96 bits per heavy atom. The number of amides is 2. The second-order valence-corrected chi connectivity index (χ2v) is 9.24. The molecule has 2 atom stereocenters. The Kier molecular flexibility index (Phi) is 7.61. The SMILES string of the molecule is CC1CCCCN1CCCNC(=O)C1CSCN1C(=O)c1cccc(Br)c1. The van der Waals surface area contributed by atoms with Crippen molar-refractivity contribution in [3.63, 3.8) is 0 Å². The van der Waals surface area contributed by atoms with Crippen LogP contribution in [0.15, 0.2) is 28.7 Å². The molecule has 1 N–H and O–H groups in total. The van der Waals surface area contributed by atoms with Gasteiger partial charge in [0.1, 0.15) is 6.04 Å². The smallest absolute Gasteiger partial charge is 0.255 e. The molecule has 148 valence electrons. The maximum atomic E-state index is 12.8. The van der Waals surface area contributed by atoms with Crippen LogP contribution < -0.4 is 5.32 Å². The number of benzene rings is 1. The van der Waals surface area contributed by atoms with Gasteiger partial charge in [-0.05, 0) is 50.9 Å². The summed E-state index contributed by atoms with van der Waals surface area (Å²) in [6, 6.07) is 7.61. The molecule has 1 aromatic rings. The summed E-state index contributed by atoms with van der Waals surface area (Å²) in [7, 11) is 0.